The number of piperidine rings is 1. The molecule has 38 heavy (non-hydrogen) atoms. The van der Waals surface area contributed by atoms with E-state index in [0.29, 0.717) is 29.5 Å². The van der Waals surface area contributed by atoms with Crippen LogP contribution in [0.2, 0.25) is 0 Å². The van der Waals surface area contributed by atoms with E-state index in [1.54, 1.807) is 41.3 Å². The Hall–Kier alpha value is -3.68. The monoisotopic (exact) mass is 516 g/mol. The topological polar surface area (TPSA) is 98.8 Å². The molecule has 3 fully saturated rings. The van der Waals surface area contributed by atoms with Crippen molar-refractivity contribution in [1.29, 1.82) is 0 Å². The van der Waals surface area contributed by atoms with E-state index >= 15 is 0 Å². The molecule has 2 aliphatic carbocycles. The summed E-state index contributed by atoms with van der Waals surface area (Å²) in [7, 11) is 1.82. The van der Waals surface area contributed by atoms with Crippen LogP contribution in [-0.4, -0.2) is 59.6 Å². The number of hydrogen-bond acceptors (Lipinski definition) is 4. The molecule has 0 aromatic heterocycles. The third-order valence-electron chi connectivity index (χ3n) is 7.95. The third-order valence-corrected chi connectivity index (χ3v) is 7.95. The first-order valence-electron chi connectivity index (χ1n) is 13.7. The van der Waals surface area contributed by atoms with Crippen LogP contribution in [0, 0.1) is 11.8 Å². The number of carbonyl (C=O) groups excluding carboxylic acids is 4. The van der Waals surface area contributed by atoms with Crippen LogP contribution in [0.5, 0.6) is 0 Å². The minimum absolute atomic E-state index is 0.0351. The smallest absolute Gasteiger partial charge is 0.253 e. The summed E-state index contributed by atoms with van der Waals surface area (Å²) in [5, 5.41) is 5.85. The summed E-state index contributed by atoms with van der Waals surface area (Å²) >= 11 is 0. The van der Waals surface area contributed by atoms with E-state index in [1.165, 1.54) is 0 Å². The highest BCUT2D eigenvalue weighted by atomic mass is 16.2. The fraction of sp³-hybridized carbons (Fsp3) is 0.467. The van der Waals surface area contributed by atoms with Gasteiger partial charge in [0.1, 0.15) is 0 Å². The molecule has 3 aliphatic rings. The van der Waals surface area contributed by atoms with E-state index in [0.717, 1.165) is 57.1 Å². The molecule has 8 heteroatoms. The Labute approximate surface area is 223 Å². The van der Waals surface area contributed by atoms with Crippen molar-refractivity contribution in [2.45, 2.75) is 57.4 Å². The molecule has 4 amide bonds. The van der Waals surface area contributed by atoms with Gasteiger partial charge in [0.15, 0.2) is 0 Å². The van der Waals surface area contributed by atoms with Crippen LogP contribution in [0.15, 0.2) is 48.5 Å². The van der Waals surface area contributed by atoms with Crippen molar-refractivity contribution in [3.05, 3.63) is 59.7 Å². The Kier molecular flexibility index (Phi) is 7.77. The molecule has 0 radical (unpaired) electrons. The molecule has 1 aliphatic heterocycles. The SMILES string of the molecule is CN(C(=O)c1cccc(NC(=O)Cc2ccc(NC(=O)C3CCCN(C(=O)C4CCC4)C3)cc2)c1)C1CC1. The number of nitrogens with zero attached hydrogens (tertiary/aromatic N) is 2. The molecule has 2 N–H and O–H groups in total. The molecular formula is C30H36N4O4. The average molecular weight is 517 g/mol. The first-order chi connectivity index (χ1) is 18.4. The Balaban J connectivity index is 1.11. The van der Waals surface area contributed by atoms with Gasteiger partial charge < -0.3 is 20.4 Å². The number of anilines is 2. The molecule has 1 heterocycles. The van der Waals surface area contributed by atoms with Crippen molar-refractivity contribution < 1.29 is 19.2 Å². The second-order valence-electron chi connectivity index (χ2n) is 10.9. The zero-order valence-corrected chi connectivity index (χ0v) is 21.9. The Morgan fingerprint density at radius 1 is 0.868 bits per heavy atom. The lowest BCUT2D eigenvalue weighted by Crippen LogP contribution is -2.47. The summed E-state index contributed by atoms with van der Waals surface area (Å²) in [5.74, 6) is -0.122. The maximum atomic E-state index is 12.9. The zero-order valence-electron chi connectivity index (χ0n) is 21.9. The minimum Gasteiger partial charge on any atom is -0.342 e. The molecule has 1 saturated heterocycles. The highest BCUT2D eigenvalue weighted by molar-refractivity contribution is 5.98. The summed E-state index contributed by atoms with van der Waals surface area (Å²) in [6, 6.07) is 14.6. The predicted molar refractivity (Wildman–Crippen MR) is 146 cm³/mol. The lowest BCUT2D eigenvalue weighted by Gasteiger charge is -2.36. The van der Waals surface area contributed by atoms with E-state index in [-0.39, 0.29) is 41.9 Å². The summed E-state index contributed by atoms with van der Waals surface area (Å²) in [5.41, 5.74) is 2.64. The van der Waals surface area contributed by atoms with Gasteiger partial charge >= 0.3 is 0 Å². The van der Waals surface area contributed by atoms with E-state index in [1.807, 2.05) is 24.1 Å². The van der Waals surface area contributed by atoms with E-state index in [4.69, 9.17) is 0 Å². The third kappa shape index (κ3) is 6.23. The van der Waals surface area contributed by atoms with Crippen molar-refractivity contribution in [3.8, 4) is 0 Å². The predicted octanol–water partition coefficient (Wildman–Crippen LogP) is 4.08. The van der Waals surface area contributed by atoms with Crippen LogP contribution in [0.4, 0.5) is 11.4 Å². The number of benzene rings is 2. The number of amides is 4. The average Bonchev–Trinajstić information content (AvgIpc) is 3.74. The van der Waals surface area contributed by atoms with Crippen LogP contribution in [0.25, 0.3) is 0 Å². The first kappa shape index (κ1) is 25.9. The summed E-state index contributed by atoms with van der Waals surface area (Å²) < 4.78 is 0. The maximum absolute atomic E-state index is 12.9. The molecule has 0 bridgehead atoms. The molecule has 1 atom stereocenters. The van der Waals surface area contributed by atoms with Gasteiger partial charge in [-0.25, -0.2) is 0 Å². The fourth-order valence-electron chi connectivity index (χ4n) is 5.21. The quantitative estimate of drug-likeness (QED) is 0.552. The van der Waals surface area contributed by atoms with Gasteiger partial charge in [-0.1, -0.05) is 24.6 Å². The van der Waals surface area contributed by atoms with Crippen LogP contribution in [-0.2, 0) is 20.8 Å². The second kappa shape index (κ2) is 11.4. The molecule has 5 rings (SSSR count). The second-order valence-corrected chi connectivity index (χ2v) is 10.9. The Morgan fingerprint density at radius 3 is 2.29 bits per heavy atom. The number of rotatable bonds is 8. The molecule has 2 aromatic rings. The number of nitrogens with one attached hydrogen (secondary N) is 2. The van der Waals surface area contributed by atoms with Crippen molar-refractivity contribution in [2.75, 3.05) is 30.8 Å². The number of hydrogen-bond donors (Lipinski definition) is 2. The highest BCUT2D eigenvalue weighted by Gasteiger charge is 2.34. The van der Waals surface area contributed by atoms with Crippen LogP contribution < -0.4 is 10.6 Å². The maximum Gasteiger partial charge on any atom is 0.253 e. The highest BCUT2D eigenvalue weighted by Crippen LogP contribution is 2.30. The van der Waals surface area contributed by atoms with E-state index in [2.05, 4.69) is 10.6 Å². The van der Waals surface area contributed by atoms with E-state index < -0.39 is 0 Å². The van der Waals surface area contributed by atoms with Crippen molar-refractivity contribution in [2.24, 2.45) is 11.8 Å². The van der Waals surface area contributed by atoms with Crippen molar-refractivity contribution in [3.63, 3.8) is 0 Å². The van der Waals surface area contributed by atoms with Crippen LogP contribution >= 0.6 is 0 Å². The molecule has 8 nitrogen and oxygen atoms in total. The standard InChI is InChI=1S/C30H36N4O4/c1-33(26-14-15-26)29(37)22-7-3-9-25(18-22)31-27(35)17-20-10-12-24(13-11-20)32-28(36)23-8-4-16-34(19-23)30(38)21-5-2-6-21/h3,7,9-13,18,21,23,26H,2,4-6,8,14-17,19H2,1H3,(H,31,35)(H,32,36). The zero-order chi connectivity index (χ0) is 26.6. The summed E-state index contributed by atoms with van der Waals surface area (Å²) in [6.45, 7) is 1.23. The number of likely N-dealkylation sites (tertiary alicyclic amines) is 1. The van der Waals surface area contributed by atoms with Crippen LogP contribution in [0.1, 0.15) is 60.9 Å². The molecule has 2 aromatic carbocycles. The van der Waals surface area contributed by atoms with Gasteiger partial charge in [-0.2, -0.15) is 0 Å². The molecule has 200 valence electrons. The lowest BCUT2D eigenvalue weighted by molar-refractivity contribution is -0.141. The van der Waals surface area contributed by atoms with Gasteiger partial charge in [-0.3, -0.25) is 19.2 Å². The Morgan fingerprint density at radius 2 is 1.61 bits per heavy atom. The first-order valence-corrected chi connectivity index (χ1v) is 13.7. The lowest BCUT2D eigenvalue weighted by atomic mass is 9.83. The molecule has 1 unspecified atom stereocenters. The Bertz CT molecular complexity index is 1200. The van der Waals surface area contributed by atoms with Gasteiger partial charge in [0, 0.05) is 49.0 Å². The van der Waals surface area contributed by atoms with Gasteiger partial charge in [-0.05, 0) is 74.4 Å². The van der Waals surface area contributed by atoms with Gasteiger partial charge in [0.2, 0.25) is 17.7 Å². The van der Waals surface area contributed by atoms with Gasteiger partial charge in [0.25, 0.3) is 5.91 Å². The van der Waals surface area contributed by atoms with Crippen molar-refractivity contribution in [1.82, 2.24) is 9.80 Å². The number of carbonyl (C=O) groups is 4. The molecular weight excluding hydrogens is 480 g/mol. The summed E-state index contributed by atoms with van der Waals surface area (Å²) in [6.07, 6.45) is 6.96. The molecule has 2 saturated carbocycles. The summed E-state index contributed by atoms with van der Waals surface area (Å²) in [4.78, 5) is 54.4. The largest absolute Gasteiger partial charge is 0.342 e. The van der Waals surface area contributed by atoms with Gasteiger partial charge in [-0.15, -0.1) is 0 Å². The van der Waals surface area contributed by atoms with Crippen LogP contribution in [0.3, 0.4) is 0 Å². The fourth-order valence-corrected chi connectivity index (χ4v) is 5.21. The normalized spacial score (nSPS) is 19.3. The van der Waals surface area contributed by atoms with Gasteiger partial charge in [0.05, 0.1) is 12.3 Å². The van der Waals surface area contributed by atoms with E-state index in [9.17, 15) is 19.2 Å². The minimum atomic E-state index is -0.204. The molecule has 0 spiro atoms. The van der Waals surface area contributed by atoms with Crippen molar-refractivity contribution >= 4 is 35.0 Å².